The van der Waals surface area contributed by atoms with E-state index in [1.807, 2.05) is 0 Å². The zero-order chi connectivity index (χ0) is 7.49. The summed E-state index contributed by atoms with van der Waals surface area (Å²) in [7, 11) is -4.24. The highest BCUT2D eigenvalue weighted by molar-refractivity contribution is 7.76. The molecule has 0 radical (unpaired) electrons. The summed E-state index contributed by atoms with van der Waals surface area (Å²) in [5.74, 6) is 0. The van der Waals surface area contributed by atoms with Crippen LogP contribution in [-0.2, 0) is 4.79 Å². The van der Waals surface area contributed by atoms with Gasteiger partial charge in [-0.2, -0.15) is 14.7 Å². The van der Waals surface area contributed by atoms with Gasteiger partial charge in [-0.15, -0.1) is 0 Å². The van der Waals surface area contributed by atoms with Gasteiger partial charge < -0.3 is 5.73 Å². The molecule has 0 bridgehead atoms. The zero-order valence-corrected chi connectivity index (χ0v) is 5.58. The Morgan fingerprint density at radius 3 is 2.00 bits per heavy atom. The summed E-state index contributed by atoms with van der Waals surface area (Å²) in [6, 6.07) is 0. The van der Waals surface area contributed by atoms with E-state index in [1.165, 1.54) is 0 Å². The van der Waals surface area contributed by atoms with E-state index < -0.39 is 13.5 Å². The lowest BCUT2D eigenvalue weighted by molar-refractivity contribution is -0.113. The van der Waals surface area contributed by atoms with Crippen LogP contribution in [-0.4, -0.2) is 26.7 Å². The Hall–Kier alpha value is -0.0600. The molecule has 0 spiro atoms. The number of carbonyl (C=O) groups excluding carboxylic acids is 1. The Kier molecular flexibility index (Phi) is 3.17. The molecule has 0 aliphatic carbocycles. The molecule has 0 atom stereocenters. The van der Waals surface area contributed by atoms with Crippen LogP contribution in [0.5, 0.6) is 0 Å². The van der Waals surface area contributed by atoms with Crippen molar-refractivity contribution >= 4 is 13.5 Å². The highest BCUT2D eigenvalue weighted by atomic mass is 31.2. The fraction of sp³-hybridized carbons (Fsp3) is 0.667. The fourth-order valence-electron chi connectivity index (χ4n) is 0.273. The second-order valence-corrected chi connectivity index (χ2v) is 3.14. The molecule has 9 heavy (non-hydrogen) atoms. The van der Waals surface area contributed by atoms with Crippen molar-refractivity contribution in [3.63, 3.8) is 0 Å². The molecule has 0 fully saturated rings. The number of carbonyl (C=O) groups is 1. The summed E-state index contributed by atoms with van der Waals surface area (Å²) in [5.41, 5.74) is 3.91. The molecule has 0 aliphatic rings. The van der Waals surface area contributed by atoms with Crippen LogP contribution < -0.4 is 5.73 Å². The first-order valence-corrected chi connectivity index (χ1v) is 3.94. The van der Waals surface area contributed by atoms with E-state index in [1.54, 1.807) is 0 Å². The highest BCUT2D eigenvalue weighted by Gasteiger charge is 2.40. The molecule has 5 nitrogen and oxygen atoms in total. The molecular formula is C3H9NO4P+. The molecule has 6 heteroatoms. The lowest BCUT2D eigenvalue weighted by Crippen LogP contribution is -2.10. The van der Waals surface area contributed by atoms with Crippen LogP contribution >= 0.6 is 7.94 Å². The van der Waals surface area contributed by atoms with Crippen molar-refractivity contribution in [2.75, 3.05) is 6.54 Å². The third-order valence-corrected chi connectivity index (χ3v) is 1.59. The molecule has 5 N–H and O–H groups in total. The Labute approximate surface area is 52.7 Å². The smallest absolute Gasteiger partial charge is 0.330 e. The Bertz CT molecular complexity index is 109. The topological polar surface area (TPSA) is 104 Å². The van der Waals surface area contributed by atoms with Crippen molar-refractivity contribution in [1.82, 2.24) is 0 Å². The van der Waals surface area contributed by atoms with Crippen LogP contribution in [0.2, 0.25) is 0 Å². The van der Waals surface area contributed by atoms with Crippen LogP contribution in [0.25, 0.3) is 0 Å². The van der Waals surface area contributed by atoms with E-state index in [4.69, 9.17) is 20.4 Å². The Balaban J connectivity index is 3.74. The van der Waals surface area contributed by atoms with Crippen molar-refractivity contribution in [2.24, 2.45) is 5.73 Å². The Morgan fingerprint density at radius 1 is 1.44 bits per heavy atom. The van der Waals surface area contributed by atoms with Crippen molar-refractivity contribution in [2.45, 2.75) is 6.42 Å². The maximum atomic E-state index is 10.3. The predicted molar refractivity (Wildman–Crippen MR) is 32.3 cm³/mol. The third kappa shape index (κ3) is 3.51. The molecule has 0 rings (SSSR count). The van der Waals surface area contributed by atoms with Gasteiger partial charge in [0.1, 0.15) is 0 Å². The largest absolute Gasteiger partial charge is 0.478 e. The van der Waals surface area contributed by atoms with Gasteiger partial charge in [0.25, 0.3) is 0 Å². The highest BCUT2D eigenvalue weighted by Crippen LogP contribution is 2.46. The summed E-state index contributed by atoms with van der Waals surface area (Å²) in [6.45, 7) is 0.0161. The van der Waals surface area contributed by atoms with E-state index in [0.717, 1.165) is 0 Å². The molecule has 0 heterocycles. The average Bonchev–Trinajstić information content (AvgIpc) is 1.64. The van der Waals surface area contributed by atoms with E-state index in [0.29, 0.717) is 0 Å². The van der Waals surface area contributed by atoms with Crippen molar-refractivity contribution < 1.29 is 19.5 Å². The normalized spacial score (nSPS) is 11.6. The van der Waals surface area contributed by atoms with Gasteiger partial charge in [0, 0.05) is 6.54 Å². The minimum absolute atomic E-state index is 0.0161. The van der Waals surface area contributed by atoms with Gasteiger partial charge in [-0.1, -0.05) is 0 Å². The molecule has 0 saturated heterocycles. The standard InChI is InChI=1S/C3H9NO4P/c4-2-1-3(5)9(6,7)8/h6-8H,1-2,4H2/q+1. The third-order valence-electron chi connectivity index (χ3n) is 0.693. The van der Waals surface area contributed by atoms with Gasteiger partial charge in [-0.25, -0.2) is 4.79 Å². The van der Waals surface area contributed by atoms with Crippen LogP contribution in [0.4, 0.5) is 0 Å². The minimum Gasteiger partial charge on any atom is -0.330 e. The van der Waals surface area contributed by atoms with Gasteiger partial charge in [-0.3, -0.25) is 0 Å². The molecule has 0 aromatic heterocycles. The number of hydrogen-bond donors (Lipinski definition) is 4. The van der Waals surface area contributed by atoms with Gasteiger partial charge in [-0.05, 0) is 0 Å². The summed E-state index contributed by atoms with van der Waals surface area (Å²) in [6.07, 6.45) is -0.197. The first-order chi connectivity index (χ1) is 3.98. The first-order valence-electron chi connectivity index (χ1n) is 2.29. The molecule has 0 aromatic rings. The van der Waals surface area contributed by atoms with Gasteiger partial charge in [0.15, 0.2) is 0 Å². The zero-order valence-electron chi connectivity index (χ0n) is 4.69. The fourth-order valence-corrected chi connectivity index (χ4v) is 0.703. The van der Waals surface area contributed by atoms with E-state index in [2.05, 4.69) is 0 Å². The molecule has 0 saturated carbocycles. The van der Waals surface area contributed by atoms with Gasteiger partial charge in [0.05, 0.1) is 6.42 Å². The number of hydrogen-bond acceptors (Lipinski definition) is 5. The molecular weight excluding hydrogens is 145 g/mol. The lowest BCUT2D eigenvalue weighted by Gasteiger charge is -1.98. The summed E-state index contributed by atoms with van der Waals surface area (Å²) in [5, 5.41) is 0. The first kappa shape index (κ1) is 8.94. The maximum Gasteiger partial charge on any atom is 0.478 e. The van der Waals surface area contributed by atoms with Gasteiger partial charge in [0.2, 0.25) is 0 Å². The van der Waals surface area contributed by atoms with Crippen LogP contribution in [0.1, 0.15) is 6.42 Å². The Morgan fingerprint density at radius 2 is 1.89 bits per heavy atom. The van der Waals surface area contributed by atoms with Crippen molar-refractivity contribution in [3.05, 3.63) is 0 Å². The van der Waals surface area contributed by atoms with Crippen molar-refractivity contribution in [1.29, 1.82) is 0 Å². The SMILES string of the molecule is NCCC(=O)[P+](O)(O)O. The molecule has 0 aromatic carbocycles. The van der Waals surface area contributed by atoms with E-state index >= 15 is 0 Å². The van der Waals surface area contributed by atoms with Crippen LogP contribution in [0, 0.1) is 0 Å². The maximum absolute atomic E-state index is 10.3. The lowest BCUT2D eigenvalue weighted by atomic mass is 10.5. The summed E-state index contributed by atoms with van der Waals surface area (Å²) >= 11 is 0. The average molecular weight is 154 g/mol. The second kappa shape index (κ2) is 3.20. The van der Waals surface area contributed by atoms with Crippen molar-refractivity contribution in [3.8, 4) is 0 Å². The quantitative estimate of drug-likeness (QED) is 0.374. The van der Waals surface area contributed by atoms with Gasteiger partial charge >= 0.3 is 13.5 Å². The molecule has 0 unspecified atom stereocenters. The summed E-state index contributed by atoms with van der Waals surface area (Å²) < 4.78 is 0. The van der Waals surface area contributed by atoms with Crippen LogP contribution in [0.3, 0.4) is 0 Å². The van der Waals surface area contributed by atoms with E-state index in [-0.39, 0.29) is 13.0 Å². The van der Waals surface area contributed by atoms with E-state index in [9.17, 15) is 4.79 Å². The molecule has 54 valence electrons. The number of nitrogens with two attached hydrogens (primary N) is 1. The predicted octanol–water partition coefficient (Wildman–Crippen LogP) is -1.40. The second-order valence-electron chi connectivity index (χ2n) is 1.50. The molecule has 0 aliphatic heterocycles. The summed E-state index contributed by atoms with van der Waals surface area (Å²) in [4.78, 5) is 35.0. The van der Waals surface area contributed by atoms with Crippen LogP contribution in [0.15, 0.2) is 0 Å². The monoisotopic (exact) mass is 154 g/mol. The minimum atomic E-state index is -4.24. The number of rotatable bonds is 3. The molecule has 0 amide bonds.